The molecule has 0 aliphatic carbocycles. The third-order valence-corrected chi connectivity index (χ3v) is 5.06. The Bertz CT molecular complexity index is 895. The van der Waals surface area contributed by atoms with E-state index in [9.17, 15) is 9.59 Å². The SMILES string of the molecule is CN(CC(C)(C)CN)C(=O)C1CN(Cc2nc3ccccc3c(=O)[nH]2)CCO1. The van der Waals surface area contributed by atoms with Gasteiger partial charge in [0, 0.05) is 26.7 Å². The number of carbonyl (C=O) groups is 1. The number of hydrogen-bond donors (Lipinski definition) is 2. The number of nitrogens with one attached hydrogen (secondary N) is 1. The number of aromatic amines is 1. The Morgan fingerprint density at radius 1 is 1.43 bits per heavy atom. The highest BCUT2D eigenvalue weighted by Crippen LogP contribution is 2.17. The number of benzene rings is 1. The molecule has 0 bridgehead atoms. The van der Waals surface area contributed by atoms with Gasteiger partial charge in [0.25, 0.3) is 11.5 Å². The first-order valence-corrected chi connectivity index (χ1v) is 9.56. The van der Waals surface area contributed by atoms with Crippen molar-refractivity contribution in [3.63, 3.8) is 0 Å². The number of para-hydroxylation sites is 1. The number of nitrogens with zero attached hydrogens (tertiary/aromatic N) is 3. The molecule has 0 radical (unpaired) electrons. The highest BCUT2D eigenvalue weighted by Gasteiger charge is 2.31. The standard InChI is InChI=1S/C20H29N5O3/c1-20(2,12-21)13-24(3)19(27)16-10-25(8-9-28-16)11-17-22-15-7-5-4-6-14(15)18(26)23-17/h4-7,16H,8-13,21H2,1-3H3,(H,22,23,26). The maximum Gasteiger partial charge on any atom is 0.258 e. The number of rotatable bonds is 6. The van der Waals surface area contributed by atoms with Crippen LogP contribution in [-0.2, 0) is 16.1 Å². The second-order valence-corrected chi connectivity index (χ2v) is 8.19. The van der Waals surface area contributed by atoms with Gasteiger partial charge in [-0.3, -0.25) is 14.5 Å². The molecule has 2 aromatic rings. The Kier molecular flexibility index (Phi) is 6.12. The van der Waals surface area contributed by atoms with Gasteiger partial charge in [-0.05, 0) is 24.1 Å². The van der Waals surface area contributed by atoms with Crippen LogP contribution in [0.1, 0.15) is 19.7 Å². The number of likely N-dealkylation sites (N-methyl/N-ethyl adjacent to an activating group) is 1. The molecule has 28 heavy (non-hydrogen) atoms. The Morgan fingerprint density at radius 2 is 2.18 bits per heavy atom. The third-order valence-electron chi connectivity index (χ3n) is 5.06. The van der Waals surface area contributed by atoms with Gasteiger partial charge in [-0.25, -0.2) is 4.98 Å². The molecule has 0 saturated carbocycles. The fourth-order valence-electron chi connectivity index (χ4n) is 3.45. The van der Waals surface area contributed by atoms with Crippen molar-refractivity contribution in [2.24, 2.45) is 11.1 Å². The number of H-pyrrole nitrogens is 1. The molecule has 3 rings (SSSR count). The van der Waals surface area contributed by atoms with Crippen molar-refractivity contribution in [3.05, 3.63) is 40.4 Å². The first-order valence-electron chi connectivity index (χ1n) is 9.56. The number of ether oxygens (including phenoxy) is 1. The van der Waals surface area contributed by atoms with E-state index in [1.165, 1.54) is 0 Å². The van der Waals surface area contributed by atoms with Gasteiger partial charge in [0.15, 0.2) is 0 Å². The highest BCUT2D eigenvalue weighted by molar-refractivity contribution is 5.81. The van der Waals surface area contributed by atoms with E-state index in [4.69, 9.17) is 10.5 Å². The van der Waals surface area contributed by atoms with Crippen LogP contribution in [0.4, 0.5) is 0 Å². The molecule has 1 saturated heterocycles. The van der Waals surface area contributed by atoms with Crippen molar-refractivity contribution in [1.82, 2.24) is 19.8 Å². The van der Waals surface area contributed by atoms with E-state index in [0.717, 1.165) is 0 Å². The molecule has 2 heterocycles. The van der Waals surface area contributed by atoms with Gasteiger partial charge < -0.3 is 20.4 Å². The maximum absolute atomic E-state index is 12.8. The molecule has 1 unspecified atom stereocenters. The number of amides is 1. The Balaban J connectivity index is 1.67. The number of nitrogens with two attached hydrogens (primary N) is 1. The van der Waals surface area contributed by atoms with E-state index >= 15 is 0 Å². The summed E-state index contributed by atoms with van der Waals surface area (Å²) in [6, 6.07) is 7.27. The third kappa shape index (κ3) is 4.76. The molecular weight excluding hydrogens is 358 g/mol. The Labute approximate surface area is 164 Å². The molecular formula is C20H29N5O3. The summed E-state index contributed by atoms with van der Waals surface area (Å²) in [5, 5.41) is 0.574. The Morgan fingerprint density at radius 3 is 2.93 bits per heavy atom. The van der Waals surface area contributed by atoms with Crippen molar-refractivity contribution in [3.8, 4) is 0 Å². The first kappa shape index (κ1) is 20.4. The molecule has 8 heteroatoms. The molecule has 1 atom stereocenters. The normalized spacial score (nSPS) is 18.4. The molecule has 1 aliphatic rings. The summed E-state index contributed by atoms with van der Waals surface area (Å²) in [6.45, 7) is 7.21. The fraction of sp³-hybridized carbons (Fsp3) is 0.550. The van der Waals surface area contributed by atoms with Gasteiger partial charge in [0.05, 0.1) is 24.1 Å². The maximum atomic E-state index is 12.8. The van der Waals surface area contributed by atoms with E-state index in [1.54, 1.807) is 18.0 Å². The molecule has 1 aromatic heterocycles. The minimum Gasteiger partial charge on any atom is -0.366 e. The van der Waals surface area contributed by atoms with Crippen molar-refractivity contribution in [1.29, 1.82) is 0 Å². The van der Waals surface area contributed by atoms with Crippen LogP contribution in [0, 0.1) is 5.41 Å². The molecule has 1 fully saturated rings. The Hall–Kier alpha value is -2.29. The summed E-state index contributed by atoms with van der Waals surface area (Å²) >= 11 is 0. The summed E-state index contributed by atoms with van der Waals surface area (Å²) in [5.41, 5.74) is 6.16. The molecule has 1 amide bonds. The molecule has 8 nitrogen and oxygen atoms in total. The summed E-state index contributed by atoms with van der Waals surface area (Å²) in [7, 11) is 1.78. The topological polar surface area (TPSA) is 105 Å². The zero-order chi connectivity index (χ0) is 20.3. The van der Waals surface area contributed by atoms with Gasteiger partial charge in [0.2, 0.25) is 0 Å². The zero-order valence-corrected chi connectivity index (χ0v) is 16.8. The number of carbonyl (C=O) groups excluding carboxylic acids is 1. The number of morpholine rings is 1. The predicted molar refractivity (Wildman–Crippen MR) is 108 cm³/mol. The van der Waals surface area contributed by atoms with Gasteiger partial charge in [0.1, 0.15) is 11.9 Å². The predicted octanol–water partition coefficient (Wildman–Crippen LogP) is 0.567. The molecule has 0 spiro atoms. The molecule has 3 N–H and O–H groups in total. The minimum absolute atomic E-state index is 0.0498. The number of aromatic nitrogens is 2. The summed E-state index contributed by atoms with van der Waals surface area (Å²) in [6.07, 6.45) is -0.528. The van der Waals surface area contributed by atoms with Crippen LogP contribution in [0.3, 0.4) is 0 Å². The minimum atomic E-state index is -0.528. The van der Waals surface area contributed by atoms with E-state index in [2.05, 4.69) is 14.9 Å². The van der Waals surface area contributed by atoms with Crippen LogP contribution >= 0.6 is 0 Å². The van der Waals surface area contributed by atoms with Crippen LogP contribution in [0.15, 0.2) is 29.1 Å². The van der Waals surface area contributed by atoms with E-state index in [-0.39, 0.29) is 16.9 Å². The van der Waals surface area contributed by atoms with Crippen LogP contribution in [0.25, 0.3) is 10.9 Å². The van der Waals surface area contributed by atoms with Gasteiger partial charge in [-0.1, -0.05) is 26.0 Å². The second kappa shape index (κ2) is 8.38. The smallest absolute Gasteiger partial charge is 0.258 e. The highest BCUT2D eigenvalue weighted by atomic mass is 16.5. The van der Waals surface area contributed by atoms with Gasteiger partial charge >= 0.3 is 0 Å². The summed E-state index contributed by atoms with van der Waals surface area (Å²) in [5.74, 6) is 0.542. The zero-order valence-electron chi connectivity index (χ0n) is 16.8. The van der Waals surface area contributed by atoms with Crippen molar-refractivity contribution in [2.75, 3.05) is 39.8 Å². The first-order chi connectivity index (χ1) is 13.3. The van der Waals surface area contributed by atoms with Crippen molar-refractivity contribution in [2.45, 2.75) is 26.5 Å². The van der Waals surface area contributed by atoms with E-state index in [1.807, 2.05) is 32.0 Å². The molecule has 1 aliphatic heterocycles. The van der Waals surface area contributed by atoms with E-state index in [0.29, 0.717) is 56.1 Å². The largest absolute Gasteiger partial charge is 0.366 e. The molecule has 1 aromatic carbocycles. The number of fused-ring (bicyclic) bond motifs is 1. The average Bonchev–Trinajstić information content (AvgIpc) is 2.67. The lowest BCUT2D eigenvalue weighted by Crippen LogP contribution is -2.51. The van der Waals surface area contributed by atoms with Crippen molar-refractivity contribution < 1.29 is 9.53 Å². The lowest BCUT2D eigenvalue weighted by atomic mass is 9.93. The number of hydrogen-bond acceptors (Lipinski definition) is 6. The summed E-state index contributed by atoms with van der Waals surface area (Å²) in [4.78, 5) is 36.2. The van der Waals surface area contributed by atoms with Crippen LogP contribution in [0.5, 0.6) is 0 Å². The van der Waals surface area contributed by atoms with E-state index < -0.39 is 6.10 Å². The second-order valence-electron chi connectivity index (χ2n) is 8.19. The lowest BCUT2D eigenvalue weighted by Gasteiger charge is -2.35. The fourth-order valence-corrected chi connectivity index (χ4v) is 3.45. The average molecular weight is 387 g/mol. The molecule has 152 valence electrons. The van der Waals surface area contributed by atoms with Crippen molar-refractivity contribution >= 4 is 16.8 Å². The van der Waals surface area contributed by atoms with Gasteiger partial charge in [-0.15, -0.1) is 0 Å². The lowest BCUT2D eigenvalue weighted by molar-refractivity contribution is -0.149. The monoisotopic (exact) mass is 387 g/mol. The van der Waals surface area contributed by atoms with Crippen LogP contribution in [0.2, 0.25) is 0 Å². The summed E-state index contributed by atoms with van der Waals surface area (Å²) < 4.78 is 5.71. The van der Waals surface area contributed by atoms with Gasteiger partial charge in [-0.2, -0.15) is 0 Å². The van der Waals surface area contributed by atoms with Crippen LogP contribution in [-0.4, -0.2) is 71.6 Å². The van der Waals surface area contributed by atoms with Crippen LogP contribution < -0.4 is 11.3 Å². The quantitative estimate of drug-likeness (QED) is 0.751.